The Bertz CT molecular complexity index is 2310. The lowest BCUT2D eigenvalue weighted by Gasteiger charge is -2.21. The van der Waals surface area contributed by atoms with E-state index in [2.05, 4.69) is 107 Å². The van der Waals surface area contributed by atoms with Crippen molar-refractivity contribution in [1.82, 2.24) is 0 Å². The Morgan fingerprint density at radius 3 is 0.843 bits per heavy atom. The molecule has 0 aliphatic rings. The maximum absolute atomic E-state index is 13.1. The molecule has 0 fully saturated rings. The van der Waals surface area contributed by atoms with Gasteiger partial charge in [0.15, 0.2) is 12.2 Å². The molecule has 0 aromatic rings. The van der Waals surface area contributed by atoms with E-state index in [1.807, 2.05) is 18.2 Å². The number of rotatable bonds is 76. The van der Waals surface area contributed by atoms with E-state index < -0.39 is 97.5 Å². The summed E-state index contributed by atoms with van der Waals surface area (Å²) in [6.07, 6.45) is 79.7. The lowest BCUT2D eigenvalue weighted by atomic mass is 10.0. The van der Waals surface area contributed by atoms with Gasteiger partial charge in [-0.1, -0.05) is 305 Å². The third-order valence-electron chi connectivity index (χ3n) is 17.0. The Hall–Kier alpha value is -4.02. The van der Waals surface area contributed by atoms with Crippen molar-refractivity contribution in [3.63, 3.8) is 0 Å². The van der Waals surface area contributed by atoms with E-state index in [4.69, 9.17) is 37.0 Å². The summed E-state index contributed by atoms with van der Waals surface area (Å²) in [6.45, 7) is 4.70. The van der Waals surface area contributed by atoms with E-state index in [0.29, 0.717) is 32.1 Å². The minimum Gasteiger partial charge on any atom is -0.462 e. The number of carbonyl (C=O) groups excluding carboxylic acids is 4. The average molecular weight is 1480 g/mol. The summed E-state index contributed by atoms with van der Waals surface area (Å²) in [4.78, 5) is 73.0. The van der Waals surface area contributed by atoms with E-state index in [9.17, 15) is 43.2 Å². The van der Waals surface area contributed by atoms with Gasteiger partial charge in [0.25, 0.3) is 0 Å². The van der Waals surface area contributed by atoms with Crippen LogP contribution < -0.4 is 0 Å². The highest BCUT2D eigenvalue weighted by Gasteiger charge is 2.30. The molecule has 0 heterocycles. The molecule has 0 rings (SSSR count). The molecule has 0 aromatic heterocycles. The van der Waals surface area contributed by atoms with Gasteiger partial charge >= 0.3 is 39.5 Å². The fraction of sp³-hybridized carbons (Fsp3) is 0.759. The number of aliphatic hydroxyl groups excluding tert-OH is 1. The van der Waals surface area contributed by atoms with E-state index in [1.165, 1.54) is 128 Å². The van der Waals surface area contributed by atoms with Crippen LogP contribution in [0.1, 0.15) is 349 Å². The monoisotopic (exact) mass is 1480 g/mol. The quantitative estimate of drug-likeness (QED) is 0.0169. The van der Waals surface area contributed by atoms with Gasteiger partial charge in [0.05, 0.1) is 26.4 Å². The van der Waals surface area contributed by atoms with Crippen LogP contribution in [0.25, 0.3) is 0 Å². The summed E-state index contributed by atoms with van der Waals surface area (Å²) in [5.74, 6) is -2.27. The van der Waals surface area contributed by atoms with Crippen LogP contribution in [-0.4, -0.2) is 96.7 Å². The summed E-state index contributed by atoms with van der Waals surface area (Å²) in [7, 11) is -9.97. The Kier molecular flexibility index (Phi) is 72.3. The molecule has 19 heteroatoms. The lowest BCUT2D eigenvalue weighted by molar-refractivity contribution is -0.161. The number of allylic oxidation sites excluding steroid dienone is 16. The smallest absolute Gasteiger partial charge is 0.462 e. The van der Waals surface area contributed by atoms with Crippen molar-refractivity contribution >= 4 is 39.5 Å². The van der Waals surface area contributed by atoms with Gasteiger partial charge in [-0.05, 0) is 116 Å². The first kappa shape index (κ1) is 98.0. The average Bonchev–Trinajstić information content (AvgIpc) is 0.908. The molecule has 17 nitrogen and oxygen atoms in total. The van der Waals surface area contributed by atoms with E-state index >= 15 is 0 Å². The van der Waals surface area contributed by atoms with Crippen LogP contribution in [0.4, 0.5) is 0 Å². The molecule has 3 N–H and O–H groups in total. The first-order valence-electron chi connectivity index (χ1n) is 40.5. The number of hydrogen-bond acceptors (Lipinski definition) is 15. The van der Waals surface area contributed by atoms with Gasteiger partial charge in [-0.25, -0.2) is 9.13 Å². The van der Waals surface area contributed by atoms with Crippen LogP contribution in [0.3, 0.4) is 0 Å². The first-order chi connectivity index (χ1) is 49.7. The largest absolute Gasteiger partial charge is 0.472 e. The predicted molar refractivity (Wildman–Crippen MR) is 418 cm³/mol. The number of unbranched alkanes of at least 4 members (excludes halogenated alkanes) is 34. The molecular weight excluding hydrogens is 1330 g/mol. The van der Waals surface area contributed by atoms with Crippen molar-refractivity contribution in [2.24, 2.45) is 0 Å². The number of ether oxygens (including phenoxy) is 4. The molecular formula is C83H146O17P2. The molecule has 0 radical (unpaired) electrons. The molecule has 0 spiro atoms. The highest BCUT2D eigenvalue weighted by Crippen LogP contribution is 2.45. The minimum absolute atomic E-state index is 0.0378. The van der Waals surface area contributed by atoms with Gasteiger partial charge in [-0.3, -0.25) is 37.3 Å². The van der Waals surface area contributed by atoms with Gasteiger partial charge in [-0.2, -0.15) is 0 Å². The maximum Gasteiger partial charge on any atom is 0.472 e. The number of aliphatic hydroxyl groups is 1. The standard InChI is InChI=1S/C83H146O17P2/c1-5-9-13-17-21-25-29-33-36-37-38-39-42-45-48-52-56-60-64-68-81(86)94-73-78(99-82(87)69-65-61-57-53-49-43-32-28-24-20-16-12-8-4)75-97-101(89,90)95-71-77(84)72-96-102(91,92)98-76-79(100-83(88)70-66-62-58-54-50-46-41-35-31-27-23-19-15-11-7-3)74-93-80(85)67-63-59-55-51-47-44-40-34-30-26-22-18-14-10-6-2/h9,13,21,25,33-36,38-41,45,48,56,60,77-79,84H,5-8,10-12,14-20,22-24,26-32,37,42-44,46-47,49-55,57-59,61-76H2,1-4H3,(H,89,90)(H,91,92)/b13-9-,25-21-,36-33-,39-38-,40-34-,41-35-,48-45-,60-56-. The maximum atomic E-state index is 13.1. The summed E-state index contributed by atoms with van der Waals surface area (Å²) in [5.41, 5.74) is 0. The molecule has 102 heavy (non-hydrogen) atoms. The number of hydrogen-bond donors (Lipinski definition) is 3. The van der Waals surface area contributed by atoms with Gasteiger partial charge < -0.3 is 33.8 Å². The molecule has 0 bridgehead atoms. The highest BCUT2D eigenvalue weighted by molar-refractivity contribution is 7.47. The Morgan fingerprint density at radius 1 is 0.284 bits per heavy atom. The fourth-order valence-electron chi connectivity index (χ4n) is 10.9. The van der Waals surface area contributed by atoms with Crippen LogP contribution in [0.2, 0.25) is 0 Å². The second kappa shape index (κ2) is 75.2. The third kappa shape index (κ3) is 74.3. The summed E-state index contributed by atoms with van der Waals surface area (Å²) in [6, 6.07) is 0. The van der Waals surface area contributed by atoms with Gasteiger partial charge in [-0.15, -0.1) is 0 Å². The highest BCUT2D eigenvalue weighted by atomic mass is 31.2. The molecule has 0 aliphatic carbocycles. The van der Waals surface area contributed by atoms with Crippen molar-refractivity contribution in [3.8, 4) is 0 Å². The molecule has 0 amide bonds. The third-order valence-corrected chi connectivity index (χ3v) is 18.9. The van der Waals surface area contributed by atoms with E-state index in [1.54, 1.807) is 0 Å². The minimum atomic E-state index is -4.99. The predicted octanol–water partition coefficient (Wildman–Crippen LogP) is 23.6. The van der Waals surface area contributed by atoms with Gasteiger partial charge in [0.1, 0.15) is 19.3 Å². The Labute approximate surface area is 620 Å². The summed E-state index contributed by atoms with van der Waals surface area (Å²) in [5, 5.41) is 10.6. The summed E-state index contributed by atoms with van der Waals surface area (Å²) >= 11 is 0. The van der Waals surface area contributed by atoms with E-state index in [0.717, 1.165) is 135 Å². The van der Waals surface area contributed by atoms with Crippen LogP contribution in [-0.2, 0) is 65.4 Å². The lowest BCUT2D eigenvalue weighted by Crippen LogP contribution is -2.30. The molecule has 0 aromatic carbocycles. The normalized spacial score (nSPS) is 14.4. The number of phosphoric acid groups is 2. The molecule has 5 atom stereocenters. The molecule has 0 saturated carbocycles. The van der Waals surface area contributed by atoms with Crippen molar-refractivity contribution < 1.29 is 80.2 Å². The van der Waals surface area contributed by atoms with Gasteiger partial charge in [0.2, 0.25) is 0 Å². The molecule has 0 aliphatic heterocycles. The van der Waals surface area contributed by atoms with Crippen molar-refractivity contribution in [3.05, 3.63) is 97.2 Å². The van der Waals surface area contributed by atoms with Crippen LogP contribution in [0.15, 0.2) is 97.2 Å². The Morgan fingerprint density at radius 2 is 0.529 bits per heavy atom. The fourth-order valence-corrected chi connectivity index (χ4v) is 12.5. The number of phosphoric ester groups is 2. The van der Waals surface area contributed by atoms with Crippen molar-refractivity contribution in [1.29, 1.82) is 0 Å². The number of carbonyl (C=O) groups is 4. The molecule has 0 saturated heterocycles. The van der Waals surface area contributed by atoms with E-state index in [-0.39, 0.29) is 25.7 Å². The van der Waals surface area contributed by atoms with Crippen LogP contribution >= 0.6 is 15.6 Å². The van der Waals surface area contributed by atoms with Crippen LogP contribution in [0.5, 0.6) is 0 Å². The zero-order valence-corrected chi connectivity index (χ0v) is 66.3. The molecule has 5 unspecified atom stereocenters. The van der Waals surface area contributed by atoms with Crippen molar-refractivity contribution in [2.75, 3.05) is 39.6 Å². The zero-order valence-electron chi connectivity index (χ0n) is 64.5. The number of esters is 4. The SMILES string of the molecule is CC/C=C\C/C=C\C/C=C\C/C=C\C/C=C\C/C=C\CCC(=O)OCC(COP(=O)(O)OCC(O)COP(=O)(O)OCC(COC(=O)CCCCCCC/C=C\CCCCCCCC)OC(=O)CCCCCCC/C=C\CCCCCCCC)OC(=O)CCCCCCCCCCCCCCC. The molecule has 590 valence electrons. The van der Waals surface area contributed by atoms with Crippen LogP contribution in [0, 0.1) is 0 Å². The second-order valence-electron chi connectivity index (χ2n) is 27.0. The second-order valence-corrected chi connectivity index (χ2v) is 29.9. The summed E-state index contributed by atoms with van der Waals surface area (Å²) < 4.78 is 68.5. The van der Waals surface area contributed by atoms with Gasteiger partial charge in [0, 0.05) is 25.7 Å². The van der Waals surface area contributed by atoms with Crippen molar-refractivity contribution in [2.45, 2.75) is 367 Å². The first-order valence-corrected chi connectivity index (χ1v) is 43.5. The zero-order chi connectivity index (χ0) is 74.6. The topological polar surface area (TPSA) is 237 Å². The Balaban J connectivity index is 5.40.